The Bertz CT molecular complexity index is 837. The molecule has 1 amide bonds. The van der Waals surface area contributed by atoms with Crippen LogP contribution in [-0.2, 0) is 0 Å². The zero-order valence-electron chi connectivity index (χ0n) is 16.5. The number of carbonyl (C=O) groups excluding carboxylic acids is 1. The van der Waals surface area contributed by atoms with Gasteiger partial charge in [-0.15, -0.1) is 0 Å². The highest BCUT2D eigenvalue weighted by Crippen LogP contribution is 2.29. The number of halogens is 1. The molecular formula is C21H27FN4O. The molecule has 144 valence electrons. The van der Waals surface area contributed by atoms with Gasteiger partial charge in [0.15, 0.2) is 0 Å². The van der Waals surface area contributed by atoms with Crippen LogP contribution in [0.15, 0.2) is 24.3 Å². The lowest BCUT2D eigenvalue weighted by Crippen LogP contribution is -2.36. The highest BCUT2D eigenvalue weighted by Gasteiger charge is 2.25. The summed E-state index contributed by atoms with van der Waals surface area (Å²) in [5.74, 6) is 1.34. The normalized spacial score (nSPS) is 15.2. The standard InChI is InChI=1S/C21H27FN4O/c1-14(2)19-15(3)23-16(4)24-20(19)25-10-7-11-26(13-12-25)21(27)17-8-5-6-9-18(17)22/h5-6,8-9,14H,7,10-13H2,1-4H3. The molecule has 1 aromatic heterocycles. The molecule has 1 aromatic carbocycles. The molecule has 27 heavy (non-hydrogen) atoms. The van der Waals surface area contributed by atoms with E-state index in [9.17, 15) is 9.18 Å². The van der Waals surface area contributed by atoms with Crippen molar-refractivity contribution < 1.29 is 9.18 Å². The number of rotatable bonds is 3. The van der Waals surface area contributed by atoms with Gasteiger partial charge in [-0.2, -0.15) is 0 Å². The maximum absolute atomic E-state index is 14.0. The van der Waals surface area contributed by atoms with Crippen LogP contribution in [0.4, 0.5) is 10.2 Å². The van der Waals surface area contributed by atoms with Crippen LogP contribution in [0.2, 0.25) is 0 Å². The first-order valence-corrected chi connectivity index (χ1v) is 9.52. The molecule has 2 aromatic rings. The Labute approximate surface area is 160 Å². The van der Waals surface area contributed by atoms with Crippen molar-refractivity contribution in [3.63, 3.8) is 0 Å². The third-order valence-electron chi connectivity index (χ3n) is 4.99. The second-order valence-electron chi connectivity index (χ2n) is 7.36. The van der Waals surface area contributed by atoms with E-state index in [4.69, 9.17) is 4.98 Å². The number of nitrogens with zero attached hydrogens (tertiary/aromatic N) is 4. The first-order chi connectivity index (χ1) is 12.9. The molecule has 0 N–H and O–H groups in total. The number of aryl methyl sites for hydroxylation is 2. The third kappa shape index (κ3) is 4.10. The topological polar surface area (TPSA) is 49.3 Å². The predicted molar refractivity (Wildman–Crippen MR) is 105 cm³/mol. The Hall–Kier alpha value is -2.50. The molecule has 1 saturated heterocycles. The quantitative estimate of drug-likeness (QED) is 0.826. The minimum Gasteiger partial charge on any atom is -0.354 e. The predicted octanol–water partition coefficient (Wildman–Crippen LogP) is 3.71. The summed E-state index contributed by atoms with van der Waals surface area (Å²) in [6.45, 7) is 10.9. The van der Waals surface area contributed by atoms with Crippen molar-refractivity contribution in [2.45, 2.75) is 40.0 Å². The van der Waals surface area contributed by atoms with Crippen molar-refractivity contribution in [2.75, 3.05) is 31.1 Å². The number of hydrogen-bond donors (Lipinski definition) is 0. The Balaban J connectivity index is 1.82. The van der Waals surface area contributed by atoms with E-state index in [-0.39, 0.29) is 11.5 Å². The Morgan fingerprint density at radius 3 is 2.52 bits per heavy atom. The minimum absolute atomic E-state index is 0.141. The van der Waals surface area contributed by atoms with Gasteiger partial charge in [-0.05, 0) is 38.3 Å². The summed E-state index contributed by atoms with van der Waals surface area (Å²) >= 11 is 0. The summed E-state index contributed by atoms with van der Waals surface area (Å²) in [4.78, 5) is 26.0. The molecule has 0 saturated carbocycles. The molecule has 0 aliphatic carbocycles. The van der Waals surface area contributed by atoms with E-state index in [1.54, 1.807) is 23.1 Å². The average molecular weight is 370 g/mol. The Morgan fingerprint density at radius 1 is 1.07 bits per heavy atom. The summed E-state index contributed by atoms with van der Waals surface area (Å²) in [5, 5.41) is 0. The van der Waals surface area contributed by atoms with Crippen LogP contribution in [-0.4, -0.2) is 47.0 Å². The lowest BCUT2D eigenvalue weighted by atomic mass is 10.0. The van der Waals surface area contributed by atoms with Crippen LogP contribution in [0, 0.1) is 19.7 Å². The fourth-order valence-electron chi connectivity index (χ4n) is 3.76. The third-order valence-corrected chi connectivity index (χ3v) is 4.99. The first-order valence-electron chi connectivity index (χ1n) is 9.52. The molecule has 6 heteroatoms. The maximum atomic E-state index is 14.0. The first kappa shape index (κ1) is 19.3. The molecule has 1 aliphatic rings. The van der Waals surface area contributed by atoms with Gasteiger partial charge in [-0.25, -0.2) is 14.4 Å². The van der Waals surface area contributed by atoms with Gasteiger partial charge >= 0.3 is 0 Å². The SMILES string of the molecule is Cc1nc(C)c(C(C)C)c(N2CCCN(C(=O)c3ccccc3F)CC2)n1. The van der Waals surface area contributed by atoms with Gasteiger partial charge in [-0.3, -0.25) is 4.79 Å². The van der Waals surface area contributed by atoms with Crippen molar-refractivity contribution in [2.24, 2.45) is 0 Å². The fraction of sp³-hybridized carbons (Fsp3) is 0.476. The molecule has 5 nitrogen and oxygen atoms in total. The van der Waals surface area contributed by atoms with Crippen LogP contribution in [0.5, 0.6) is 0 Å². The molecule has 1 aliphatic heterocycles. The van der Waals surface area contributed by atoms with E-state index in [1.807, 2.05) is 13.8 Å². The van der Waals surface area contributed by atoms with Crippen LogP contribution in [0.3, 0.4) is 0 Å². The van der Waals surface area contributed by atoms with Gasteiger partial charge in [0.2, 0.25) is 0 Å². The van der Waals surface area contributed by atoms with Crippen molar-refractivity contribution in [3.05, 3.63) is 52.7 Å². The summed E-state index contributed by atoms with van der Waals surface area (Å²) in [6.07, 6.45) is 0.819. The fourth-order valence-corrected chi connectivity index (χ4v) is 3.76. The molecule has 2 heterocycles. The lowest BCUT2D eigenvalue weighted by molar-refractivity contribution is 0.0762. The molecular weight excluding hydrogens is 343 g/mol. The number of amides is 1. The van der Waals surface area contributed by atoms with Crippen molar-refractivity contribution in [3.8, 4) is 0 Å². The molecule has 0 bridgehead atoms. The average Bonchev–Trinajstić information content (AvgIpc) is 2.86. The summed E-state index contributed by atoms with van der Waals surface area (Å²) in [6, 6.07) is 6.18. The monoisotopic (exact) mass is 370 g/mol. The highest BCUT2D eigenvalue weighted by molar-refractivity contribution is 5.94. The van der Waals surface area contributed by atoms with E-state index in [0.29, 0.717) is 25.6 Å². The number of carbonyl (C=O) groups is 1. The van der Waals surface area contributed by atoms with Crippen LogP contribution in [0.25, 0.3) is 0 Å². The lowest BCUT2D eigenvalue weighted by Gasteiger charge is -2.27. The van der Waals surface area contributed by atoms with E-state index in [2.05, 4.69) is 23.7 Å². The van der Waals surface area contributed by atoms with Crippen LogP contribution < -0.4 is 4.90 Å². The Kier molecular flexibility index (Phi) is 5.73. The van der Waals surface area contributed by atoms with E-state index >= 15 is 0 Å². The van der Waals surface area contributed by atoms with Crippen molar-refractivity contribution in [1.82, 2.24) is 14.9 Å². The molecule has 3 rings (SSSR count). The smallest absolute Gasteiger partial charge is 0.256 e. The van der Waals surface area contributed by atoms with Crippen LogP contribution in [0.1, 0.15) is 53.6 Å². The number of anilines is 1. The molecule has 0 radical (unpaired) electrons. The van der Waals surface area contributed by atoms with E-state index in [1.165, 1.54) is 6.07 Å². The van der Waals surface area contributed by atoms with E-state index in [0.717, 1.165) is 35.9 Å². The summed E-state index contributed by atoms with van der Waals surface area (Å²) in [7, 11) is 0. The molecule has 0 unspecified atom stereocenters. The largest absolute Gasteiger partial charge is 0.354 e. The van der Waals surface area contributed by atoms with E-state index < -0.39 is 5.82 Å². The minimum atomic E-state index is -0.465. The Morgan fingerprint density at radius 2 is 1.81 bits per heavy atom. The zero-order chi connectivity index (χ0) is 19.6. The van der Waals surface area contributed by atoms with Gasteiger partial charge in [-0.1, -0.05) is 26.0 Å². The molecule has 0 spiro atoms. The second kappa shape index (κ2) is 8.03. The number of benzene rings is 1. The summed E-state index contributed by atoms with van der Waals surface area (Å²) in [5.41, 5.74) is 2.31. The van der Waals surface area contributed by atoms with Crippen LogP contribution >= 0.6 is 0 Å². The maximum Gasteiger partial charge on any atom is 0.256 e. The van der Waals surface area contributed by atoms with Gasteiger partial charge in [0.1, 0.15) is 17.5 Å². The van der Waals surface area contributed by atoms with Crippen molar-refractivity contribution >= 4 is 11.7 Å². The van der Waals surface area contributed by atoms with Gasteiger partial charge in [0.05, 0.1) is 5.56 Å². The van der Waals surface area contributed by atoms with Crippen molar-refractivity contribution in [1.29, 1.82) is 0 Å². The summed E-state index contributed by atoms with van der Waals surface area (Å²) < 4.78 is 14.0. The van der Waals surface area contributed by atoms with Gasteiger partial charge in [0, 0.05) is 37.4 Å². The second-order valence-corrected chi connectivity index (χ2v) is 7.36. The molecule has 0 atom stereocenters. The number of hydrogen-bond acceptors (Lipinski definition) is 4. The van der Waals surface area contributed by atoms with Gasteiger partial charge < -0.3 is 9.80 Å². The zero-order valence-corrected chi connectivity index (χ0v) is 16.5. The molecule has 1 fully saturated rings. The van der Waals surface area contributed by atoms with Gasteiger partial charge in [0.25, 0.3) is 5.91 Å². The highest BCUT2D eigenvalue weighted by atomic mass is 19.1. The number of aromatic nitrogens is 2.